The number of para-hydroxylation sites is 1. The number of pyridine rings is 1. The van der Waals surface area contributed by atoms with Crippen LogP contribution < -0.4 is 5.32 Å². The van der Waals surface area contributed by atoms with E-state index < -0.39 is 0 Å². The molecule has 0 saturated heterocycles. The average molecular weight is 629 g/mol. The zero-order valence-electron chi connectivity index (χ0n) is 26.3. The summed E-state index contributed by atoms with van der Waals surface area (Å²) in [5, 5.41) is 12.8. The fourth-order valence-electron chi connectivity index (χ4n) is 7.14. The summed E-state index contributed by atoms with van der Waals surface area (Å²) >= 11 is 0. The van der Waals surface area contributed by atoms with Crippen molar-refractivity contribution in [3.05, 3.63) is 175 Å². The number of rotatable bonds is 4. The van der Waals surface area contributed by atoms with Gasteiger partial charge in [0.05, 0.1) is 5.39 Å². The van der Waals surface area contributed by atoms with Crippen LogP contribution in [0.25, 0.3) is 65.5 Å². The first-order valence-corrected chi connectivity index (χ1v) is 16.5. The SMILES string of the molecule is c1ccc2cc(C3=NC(c4ccc5ccccc5c4)NC(c4cccc5cc(-c6ccnc7oc8ccccc8c67)ccc45)=N3)ccc2c1. The Bertz CT molecular complexity index is 2830. The maximum atomic E-state index is 6.09. The summed E-state index contributed by atoms with van der Waals surface area (Å²) in [7, 11) is 0. The lowest BCUT2D eigenvalue weighted by Gasteiger charge is -2.24. The van der Waals surface area contributed by atoms with E-state index in [1.165, 1.54) is 16.2 Å². The van der Waals surface area contributed by atoms with Gasteiger partial charge in [-0.2, -0.15) is 0 Å². The molecule has 5 nitrogen and oxygen atoms in total. The largest absolute Gasteiger partial charge is 0.438 e. The lowest BCUT2D eigenvalue weighted by molar-refractivity contribution is 0.654. The van der Waals surface area contributed by atoms with Gasteiger partial charge in [-0.15, -0.1) is 0 Å². The molecule has 7 aromatic carbocycles. The second-order valence-corrected chi connectivity index (χ2v) is 12.5. The minimum Gasteiger partial charge on any atom is -0.438 e. The third-order valence-corrected chi connectivity index (χ3v) is 9.57. The highest BCUT2D eigenvalue weighted by atomic mass is 16.3. The molecule has 5 heteroatoms. The summed E-state index contributed by atoms with van der Waals surface area (Å²) in [5.41, 5.74) is 6.78. The second kappa shape index (κ2) is 11.0. The van der Waals surface area contributed by atoms with Crippen molar-refractivity contribution < 1.29 is 4.42 Å². The standard InChI is InChI=1S/C44H28N4O/c1-3-10-29-24-33(18-16-27(29)8-1)41-46-42(34-19-17-28-9-2-4-11-30(28)25-34)48-43(47-41)37-14-7-12-31-26-32(20-21-35(31)37)36-22-23-45-44-40(36)38-13-5-6-15-39(38)49-44/h1-26,41H,(H,46,47,48). The van der Waals surface area contributed by atoms with E-state index in [9.17, 15) is 0 Å². The van der Waals surface area contributed by atoms with Crippen molar-refractivity contribution >= 4 is 66.1 Å². The van der Waals surface area contributed by atoms with Gasteiger partial charge in [0.15, 0.2) is 5.84 Å². The normalized spacial score (nSPS) is 14.7. The van der Waals surface area contributed by atoms with Crippen LogP contribution in [-0.4, -0.2) is 16.7 Å². The molecule has 9 aromatic rings. The predicted molar refractivity (Wildman–Crippen MR) is 201 cm³/mol. The highest BCUT2D eigenvalue weighted by molar-refractivity contribution is 6.18. The van der Waals surface area contributed by atoms with Crippen LogP contribution in [0.5, 0.6) is 0 Å². The quantitative estimate of drug-likeness (QED) is 0.211. The zero-order chi connectivity index (χ0) is 32.3. The van der Waals surface area contributed by atoms with Gasteiger partial charge in [0.1, 0.15) is 17.6 Å². The van der Waals surface area contributed by atoms with Crippen LogP contribution in [-0.2, 0) is 0 Å². The van der Waals surface area contributed by atoms with E-state index in [1.54, 1.807) is 0 Å². The summed E-state index contributed by atoms with van der Waals surface area (Å²) in [5.74, 6) is 1.50. The molecule has 0 saturated carbocycles. The van der Waals surface area contributed by atoms with Gasteiger partial charge in [-0.05, 0) is 79.3 Å². The predicted octanol–water partition coefficient (Wildman–Crippen LogP) is 10.6. The molecule has 230 valence electrons. The summed E-state index contributed by atoms with van der Waals surface area (Å²) in [6, 6.07) is 53.1. The Kier molecular flexibility index (Phi) is 6.18. The minimum atomic E-state index is -0.312. The third-order valence-electron chi connectivity index (χ3n) is 9.57. The number of benzene rings is 7. The van der Waals surface area contributed by atoms with Gasteiger partial charge in [-0.3, -0.25) is 0 Å². The van der Waals surface area contributed by atoms with E-state index >= 15 is 0 Å². The van der Waals surface area contributed by atoms with E-state index in [2.05, 4.69) is 144 Å². The molecule has 0 bridgehead atoms. The molecule has 1 unspecified atom stereocenters. The van der Waals surface area contributed by atoms with Crippen LogP contribution in [0.4, 0.5) is 0 Å². The Morgan fingerprint density at radius 1 is 0.531 bits per heavy atom. The van der Waals surface area contributed by atoms with Crippen LogP contribution in [0, 0.1) is 0 Å². The van der Waals surface area contributed by atoms with Crippen molar-refractivity contribution in [2.24, 2.45) is 9.98 Å². The molecule has 0 aliphatic carbocycles. The van der Waals surface area contributed by atoms with Gasteiger partial charge in [0, 0.05) is 22.7 Å². The van der Waals surface area contributed by atoms with Gasteiger partial charge >= 0.3 is 0 Å². The van der Waals surface area contributed by atoms with Gasteiger partial charge in [-0.25, -0.2) is 15.0 Å². The van der Waals surface area contributed by atoms with Crippen molar-refractivity contribution in [1.29, 1.82) is 0 Å². The lowest BCUT2D eigenvalue weighted by atomic mass is 9.96. The average Bonchev–Trinajstić information content (AvgIpc) is 3.56. The fraction of sp³-hybridized carbons (Fsp3) is 0.0227. The summed E-state index contributed by atoms with van der Waals surface area (Å²) < 4.78 is 6.09. The highest BCUT2D eigenvalue weighted by Gasteiger charge is 2.23. The Balaban J connectivity index is 1.11. The van der Waals surface area contributed by atoms with Crippen LogP contribution in [0.2, 0.25) is 0 Å². The monoisotopic (exact) mass is 628 g/mol. The minimum absolute atomic E-state index is 0.312. The summed E-state index contributed by atoms with van der Waals surface area (Å²) in [6.45, 7) is 0. The molecule has 2 aromatic heterocycles. The Morgan fingerprint density at radius 2 is 1.24 bits per heavy atom. The van der Waals surface area contributed by atoms with Crippen molar-refractivity contribution in [1.82, 2.24) is 10.3 Å². The number of hydrogen-bond acceptors (Lipinski definition) is 5. The lowest BCUT2D eigenvalue weighted by Crippen LogP contribution is -2.33. The van der Waals surface area contributed by atoms with E-state index in [0.29, 0.717) is 11.5 Å². The first-order valence-electron chi connectivity index (χ1n) is 16.5. The number of nitrogens with one attached hydrogen (secondary N) is 1. The smallest absolute Gasteiger partial charge is 0.227 e. The van der Waals surface area contributed by atoms with E-state index in [0.717, 1.165) is 66.2 Å². The maximum absolute atomic E-state index is 6.09. The molecule has 0 spiro atoms. The molecule has 0 fully saturated rings. The fourth-order valence-corrected chi connectivity index (χ4v) is 7.14. The van der Waals surface area contributed by atoms with E-state index in [-0.39, 0.29) is 6.17 Å². The Hall–Kier alpha value is -6.59. The van der Waals surface area contributed by atoms with E-state index in [1.807, 2.05) is 24.4 Å². The van der Waals surface area contributed by atoms with Crippen molar-refractivity contribution in [2.45, 2.75) is 6.17 Å². The summed E-state index contributed by atoms with van der Waals surface area (Å²) in [4.78, 5) is 14.9. The molecule has 3 heterocycles. The van der Waals surface area contributed by atoms with Crippen LogP contribution in [0.3, 0.4) is 0 Å². The second-order valence-electron chi connectivity index (χ2n) is 12.5. The number of hydrogen-bond donors (Lipinski definition) is 1. The van der Waals surface area contributed by atoms with Crippen molar-refractivity contribution in [2.75, 3.05) is 0 Å². The van der Waals surface area contributed by atoms with Gasteiger partial charge in [0.2, 0.25) is 5.71 Å². The van der Waals surface area contributed by atoms with Gasteiger partial charge in [0.25, 0.3) is 0 Å². The number of nitrogens with zero attached hydrogens (tertiary/aromatic N) is 3. The number of aliphatic imine (C=N–C) groups is 2. The van der Waals surface area contributed by atoms with Crippen LogP contribution in [0.1, 0.15) is 22.9 Å². The number of furan rings is 1. The maximum Gasteiger partial charge on any atom is 0.227 e. The van der Waals surface area contributed by atoms with Crippen LogP contribution >= 0.6 is 0 Å². The molecule has 1 atom stereocenters. The highest BCUT2D eigenvalue weighted by Crippen LogP contribution is 2.37. The number of aromatic nitrogens is 1. The molecule has 49 heavy (non-hydrogen) atoms. The van der Waals surface area contributed by atoms with Crippen LogP contribution in [0.15, 0.2) is 172 Å². The van der Waals surface area contributed by atoms with E-state index in [4.69, 9.17) is 14.4 Å². The number of amidine groups is 2. The topological polar surface area (TPSA) is 62.8 Å². The first kappa shape index (κ1) is 27.5. The zero-order valence-corrected chi connectivity index (χ0v) is 26.3. The Morgan fingerprint density at radius 3 is 2.12 bits per heavy atom. The molecule has 0 amide bonds. The van der Waals surface area contributed by atoms with Crippen molar-refractivity contribution in [3.8, 4) is 11.1 Å². The molecular formula is C44H28N4O. The third kappa shape index (κ3) is 4.67. The number of fused-ring (bicyclic) bond motifs is 6. The molecular weight excluding hydrogens is 601 g/mol. The van der Waals surface area contributed by atoms with Gasteiger partial charge < -0.3 is 9.73 Å². The molecule has 1 aliphatic rings. The molecule has 1 aliphatic heterocycles. The molecule has 0 radical (unpaired) electrons. The van der Waals surface area contributed by atoms with Crippen molar-refractivity contribution in [3.63, 3.8) is 0 Å². The molecule has 10 rings (SSSR count). The first-order chi connectivity index (χ1) is 24.2. The molecule has 1 N–H and O–H groups in total. The van der Waals surface area contributed by atoms with Gasteiger partial charge in [-0.1, -0.05) is 121 Å². The summed E-state index contributed by atoms with van der Waals surface area (Å²) in [6.07, 6.45) is 1.51. The Labute approximate surface area is 281 Å².